The fourth-order valence-electron chi connectivity index (χ4n) is 3.27. The first-order chi connectivity index (χ1) is 19.0. The van der Waals surface area contributed by atoms with E-state index in [2.05, 4.69) is 32.4 Å². The minimum absolute atomic E-state index is 0.202. The SMILES string of the molecule is C=C(C)C(=O)NC(COc1ccc(N=Nc2ccccc2)cc1)COc1ccc(N=Nc2ccccc2)cc1. The van der Waals surface area contributed by atoms with Gasteiger partial charge in [-0.15, -0.1) is 0 Å². The Morgan fingerprint density at radius 3 is 1.36 bits per heavy atom. The molecule has 0 unspecified atom stereocenters. The normalized spacial score (nSPS) is 11.8. The molecule has 0 spiro atoms. The third-order valence-electron chi connectivity index (χ3n) is 5.37. The molecule has 8 heteroatoms. The van der Waals surface area contributed by atoms with Crippen LogP contribution in [0.25, 0.3) is 0 Å². The zero-order chi connectivity index (χ0) is 27.3. The van der Waals surface area contributed by atoms with Gasteiger partial charge in [-0.05, 0) is 79.7 Å². The van der Waals surface area contributed by atoms with Crippen LogP contribution in [0.5, 0.6) is 11.5 Å². The molecule has 0 saturated heterocycles. The van der Waals surface area contributed by atoms with Gasteiger partial charge in [-0.1, -0.05) is 43.0 Å². The van der Waals surface area contributed by atoms with Crippen molar-refractivity contribution in [2.24, 2.45) is 20.5 Å². The van der Waals surface area contributed by atoms with E-state index in [0.29, 0.717) is 28.4 Å². The molecule has 0 aliphatic heterocycles. The van der Waals surface area contributed by atoms with Crippen LogP contribution >= 0.6 is 0 Å². The van der Waals surface area contributed by atoms with Crippen LogP contribution in [0.15, 0.2) is 142 Å². The summed E-state index contributed by atoms with van der Waals surface area (Å²) < 4.78 is 11.8. The van der Waals surface area contributed by atoms with Gasteiger partial charge in [0.2, 0.25) is 5.91 Å². The lowest BCUT2D eigenvalue weighted by molar-refractivity contribution is -0.118. The zero-order valence-corrected chi connectivity index (χ0v) is 21.6. The summed E-state index contributed by atoms with van der Waals surface area (Å²) >= 11 is 0. The maximum atomic E-state index is 12.3. The average molecular weight is 520 g/mol. The second-order valence-corrected chi connectivity index (χ2v) is 8.63. The van der Waals surface area contributed by atoms with Crippen LogP contribution in [0.1, 0.15) is 6.92 Å². The van der Waals surface area contributed by atoms with Crippen LogP contribution < -0.4 is 14.8 Å². The van der Waals surface area contributed by atoms with E-state index in [9.17, 15) is 4.79 Å². The van der Waals surface area contributed by atoms with Gasteiger partial charge < -0.3 is 14.8 Å². The number of hydrogen-bond donors (Lipinski definition) is 1. The summed E-state index contributed by atoms with van der Waals surface area (Å²) in [5.74, 6) is 1.01. The summed E-state index contributed by atoms with van der Waals surface area (Å²) in [7, 11) is 0. The van der Waals surface area contributed by atoms with Crippen molar-refractivity contribution in [2.45, 2.75) is 13.0 Å². The Kier molecular flexibility index (Phi) is 9.67. The number of ether oxygens (including phenoxy) is 2. The van der Waals surface area contributed by atoms with E-state index < -0.39 is 6.04 Å². The fourth-order valence-corrected chi connectivity index (χ4v) is 3.27. The number of benzene rings is 4. The number of azo groups is 2. The molecule has 4 aromatic rings. The number of nitrogens with one attached hydrogen (secondary N) is 1. The summed E-state index contributed by atoms with van der Waals surface area (Å²) in [6.07, 6.45) is 0. The number of carbonyl (C=O) groups excluding carboxylic acids is 1. The van der Waals surface area contributed by atoms with Gasteiger partial charge in [-0.25, -0.2) is 0 Å². The highest BCUT2D eigenvalue weighted by Gasteiger charge is 2.15. The van der Waals surface area contributed by atoms with Gasteiger partial charge in [0.15, 0.2) is 0 Å². The quantitative estimate of drug-likeness (QED) is 0.151. The molecule has 196 valence electrons. The second-order valence-electron chi connectivity index (χ2n) is 8.63. The number of hydrogen-bond acceptors (Lipinski definition) is 7. The predicted molar refractivity (Wildman–Crippen MR) is 152 cm³/mol. The topological polar surface area (TPSA) is 97.0 Å². The van der Waals surface area contributed by atoms with E-state index in [1.807, 2.05) is 84.9 Å². The Morgan fingerprint density at radius 2 is 1.00 bits per heavy atom. The fraction of sp³-hybridized carbons (Fsp3) is 0.129. The summed E-state index contributed by atoms with van der Waals surface area (Å²) in [4.78, 5) is 12.3. The molecule has 0 fully saturated rings. The van der Waals surface area contributed by atoms with Crippen molar-refractivity contribution in [1.82, 2.24) is 5.32 Å². The first-order valence-electron chi connectivity index (χ1n) is 12.4. The molecule has 0 saturated carbocycles. The van der Waals surface area contributed by atoms with E-state index in [4.69, 9.17) is 9.47 Å². The molecule has 1 amide bonds. The van der Waals surface area contributed by atoms with E-state index >= 15 is 0 Å². The van der Waals surface area contributed by atoms with Gasteiger partial charge in [0, 0.05) is 5.57 Å². The second kappa shape index (κ2) is 14.0. The molecule has 0 atom stereocenters. The Bertz CT molecular complexity index is 1310. The lowest BCUT2D eigenvalue weighted by Crippen LogP contribution is -2.43. The van der Waals surface area contributed by atoms with Crippen molar-refractivity contribution in [3.05, 3.63) is 121 Å². The van der Waals surface area contributed by atoms with Crippen LogP contribution in [0.2, 0.25) is 0 Å². The molecule has 0 heterocycles. The van der Waals surface area contributed by atoms with Crippen molar-refractivity contribution in [2.75, 3.05) is 13.2 Å². The number of amides is 1. The highest BCUT2D eigenvalue weighted by atomic mass is 16.5. The van der Waals surface area contributed by atoms with Crippen LogP contribution in [0, 0.1) is 0 Å². The Morgan fingerprint density at radius 1 is 0.641 bits per heavy atom. The molecular weight excluding hydrogens is 490 g/mol. The van der Waals surface area contributed by atoms with Gasteiger partial charge in [0.1, 0.15) is 24.7 Å². The highest BCUT2D eigenvalue weighted by molar-refractivity contribution is 5.92. The van der Waals surface area contributed by atoms with E-state index in [1.54, 1.807) is 31.2 Å². The van der Waals surface area contributed by atoms with Gasteiger partial charge >= 0.3 is 0 Å². The van der Waals surface area contributed by atoms with Gasteiger partial charge in [-0.3, -0.25) is 4.79 Å². The summed E-state index contributed by atoms with van der Waals surface area (Å²) in [5, 5.41) is 19.8. The molecule has 8 nitrogen and oxygen atoms in total. The minimum Gasteiger partial charge on any atom is -0.491 e. The zero-order valence-electron chi connectivity index (χ0n) is 21.6. The maximum absolute atomic E-state index is 12.3. The molecular formula is C31H29N5O3. The maximum Gasteiger partial charge on any atom is 0.246 e. The largest absolute Gasteiger partial charge is 0.491 e. The molecule has 4 aromatic carbocycles. The predicted octanol–water partition coefficient (Wildman–Crippen LogP) is 8.04. The van der Waals surface area contributed by atoms with Gasteiger partial charge in [0.25, 0.3) is 0 Å². The van der Waals surface area contributed by atoms with Crippen molar-refractivity contribution in [3.63, 3.8) is 0 Å². The standard InChI is InChI=1S/C31H29N5O3/c1-23(2)31(37)32-28(21-38-29-17-13-26(14-18-29)35-33-24-9-5-3-6-10-24)22-39-30-19-15-27(16-20-30)36-34-25-11-7-4-8-12-25/h3-20,28H,1,21-22H2,2H3,(H,32,37). The molecule has 0 aliphatic carbocycles. The molecule has 39 heavy (non-hydrogen) atoms. The first kappa shape index (κ1) is 26.9. The number of carbonyl (C=O) groups is 1. The number of rotatable bonds is 12. The van der Waals surface area contributed by atoms with Crippen LogP contribution in [-0.2, 0) is 4.79 Å². The van der Waals surface area contributed by atoms with Crippen molar-refractivity contribution < 1.29 is 14.3 Å². The Balaban J connectivity index is 1.32. The van der Waals surface area contributed by atoms with E-state index in [1.165, 1.54) is 0 Å². The summed E-state index contributed by atoms with van der Waals surface area (Å²) in [6.45, 7) is 5.77. The van der Waals surface area contributed by atoms with E-state index in [-0.39, 0.29) is 19.1 Å². The molecule has 0 aromatic heterocycles. The van der Waals surface area contributed by atoms with Crippen LogP contribution in [-0.4, -0.2) is 25.2 Å². The third kappa shape index (κ3) is 9.05. The molecule has 0 bridgehead atoms. The van der Waals surface area contributed by atoms with Crippen molar-refractivity contribution in [3.8, 4) is 11.5 Å². The van der Waals surface area contributed by atoms with Gasteiger partial charge in [-0.2, -0.15) is 20.5 Å². The van der Waals surface area contributed by atoms with Crippen LogP contribution in [0.4, 0.5) is 22.7 Å². The summed E-state index contributed by atoms with van der Waals surface area (Å²) in [6, 6.07) is 33.1. The molecule has 0 aliphatic rings. The molecule has 4 rings (SSSR count). The van der Waals surface area contributed by atoms with Crippen molar-refractivity contribution in [1.29, 1.82) is 0 Å². The smallest absolute Gasteiger partial charge is 0.246 e. The van der Waals surface area contributed by atoms with Gasteiger partial charge in [0.05, 0.1) is 28.8 Å². The van der Waals surface area contributed by atoms with Crippen molar-refractivity contribution >= 4 is 28.7 Å². The Labute approximate surface area is 227 Å². The third-order valence-corrected chi connectivity index (χ3v) is 5.37. The average Bonchev–Trinajstić information content (AvgIpc) is 2.98. The molecule has 0 radical (unpaired) electrons. The molecule has 1 N–H and O–H groups in total. The summed E-state index contributed by atoms with van der Waals surface area (Å²) in [5.41, 5.74) is 3.36. The first-order valence-corrected chi connectivity index (χ1v) is 12.4. The minimum atomic E-state index is -0.413. The highest BCUT2D eigenvalue weighted by Crippen LogP contribution is 2.23. The Hall–Kier alpha value is -5.11. The number of nitrogens with zero attached hydrogens (tertiary/aromatic N) is 4. The monoisotopic (exact) mass is 519 g/mol. The van der Waals surface area contributed by atoms with Crippen LogP contribution in [0.3, 0.4) is 0 Å². The van der Waals surface area contributed by atoms with E-state index in [0.717, 1.165) is 11.4 Å². The lowest BCUT2D eigenvalue weighted by Gasteiger charge is -2.20. The lowest BCUT2D eigenvalue weighted by atomic mass is 10.2.